The third-order valence-electron chi connectivity index (χ3n) is 1.64. The van der Waals surface area contributed by atoms with Gasteiger partial charge in [0.1, 0.15) is 5.82 Å². The highest BCUT2D eigenvalue weighted by atomic mass is 19.1. The van der Waals surface area contributed by atoms with Gasteiger partial charge < -0.3 is 4.52 Å². The molecule has 0 amide bonds. The molecule has 0 N–H and O–H groups in total. The molecule has 4 nitrogen and oxygen atoms in total. The lowest BCUT2D eigenvalue weighted by molar-refractivity contribution is 0.108. The summed E-state index contributed by atoms with van der Waals surface area (Å²) in [6.45, 7) is 0. The van der Waals surface area contributed by atoms with E-state index in [0.29, 0.717) is 11.8 Å². The molecule has 70 valence electrons. The molecule has 0 spiro atoms. The minimum atomic E-state index is -0.340. The molecule has 2 aromatic rings. The largest absolute Gasteiger partial charge is 0.331 e. The molecule has 1 aromatic heterocycles. The molecule has 0 radical (unpaired) electrons. The Morgan fingerprint density at radius 1 is 1.29 bits per heavy atom. The van der Waals surface area contributed by atoms with E-state index in [2.05, 4.69) is 14.7 Å². The third kappa shape index (κ3) is 1.52. The van der Waals surface area contributed by atoms with Crippen LogP contribution in [0.1, 0.15) is 10.7 Å². The van der Waals surface area contributed by atoms with Crippen LogP contribution in [0.5, 0.6) is 0 Å². The number of nitrogens with zero attached hydrogens (tertiary/aromatic N) is 2. The van der Waals surface area contributed by atoms with Crippen molar-refractivity contribution < 1.29 is 13.7 Å². The van der Waals surface area contributed by atoms with E-state index in [4.69, 9.17) is 0 Å². The predicted molar refractivity (Wildman–Crippen MR) is 45.1 cm³/mol. The normalized spacial score (nSPS) is 10.1. The van der Waals surface area contributed by atoms with Gasteiger partial charge in [0.2, 0.25) is 12.1 Å². The Morgan fingerprint density at radius 3 is 2.57 bits per heavy atom. The summed E-state index contributed by atoms with van der Waals surface area (Å²) in [4.78, 5) is 14.0. The number of hydrogen-bond acceptors (Lipinski definition) is 4. The number of halogens is 1. The fourth-order valence-electron chi connectivity index (χ4n) is 0.999. The van der Waals surface area contributed by atoms with E-state index in [-0.39, 0.29) is 17.5 Å². The summed E-state index contributed by atoms with van der Waals surface area (Å²) in [6.07, 6.45) is 0.458. The first-order valence-corrected chi connectivity index (χ1v) is 3.84. The fourth-order valence-corrected chi connectivity index (χ4v) is 0.999. The molecule has 5 heteroatoms. The van der Waals surface area contributed by atoms with Crippen molar-refractivity contribution in [1.29, 1.82) is 0 Å². The molecular formula is C9H5FN2O2. The fraction of sp³-hybridized carbons (Fsp3) is 0. The molecule has 0 atom stereocenters. The average molecular weight is 192 g/mol. The van der Waals surface area contributed by atoms with Gasteiger partial charge in [-0.1, -0.05) is 5.16 Å². The molecule has 0 aliphatic heterocycles. The number of carbonyl (C=O) groups is 1. The van der Waals surface area contributed by atoms with Gasteiger partial charge in [0.25, 0.3) is 5.89 Å². The van der Waals surface area contributed by atoms with E-state index in [1.807, 2.05) is 0 Å². The molecule has 2 rings (SSSR count). The van der Waals surface area contributed by atoms with E-state index >= 15 is 0 Å². The lowest BCUT2D eigenvalue weighted by Crippen LogP contribution is -1.82. The molecule has 0 fully saturated rings. The minimum Gasteiger partial charge on any atom is -0.331 e. The van der Waals surface area contributed by atoms with E-state index in [1.165, 1.54) is 24.3 Å². The Hall–Kier alpha value is -2.04. The summed E-state index contributed by atoms with van der Waals surface area (Å²) in [5, 5.41) is 3.55. The highest BCUT2D eigenvalue weighted by molar-refractivity contribution is 5.68. The molecule has 0 saturated heterocycles. The number of rotatable bonds is 2. The lowest BCUT2D eigenvalue weighted by Gasteiger charge is -1.91. The molecule has 14 heavy (non-hydrogen) atoms. The summed E-state index contributed by atoms with van der Waals surface area (Å²) in [5.74, 6) is -0.163. The smallest absolute Gasteiger partial charge is 0.291 e. The maximum atomic E-state index is 12.6. The van der Waals surface area contributed by atoms with Crippen LogP contribution in [0.4, 0.5) is 4.39 Å². The van der Waals surface area contributed by atoms with Gasteiger partial charge in [-0.3, -0.25) is 4.79 Å². The van der Waals surface area contributed by atoms with Crippen LogP contribution >= 0.6 is 0 Å². The third-order valence-corrected chi connectivity index (χ3v) is 1.64. The van der Waals surface area contributed by atoms with Crippen molar-refractivity contribution in [2.75, 3.05) is 0 Å². The molecule has 0 aliphatic carbocycles. The van der Waals surface area contributed by atoms with Gasteiger partial charge in [-0.25, -0.2) is 4.39 Å². The molecule has 1 heterocycles. The Bertz CT molecular complexity index is 450. The first-order chi connectivity index (χ1) is 6.79. The van der Waals surface area contributed by atoms with E-state index < -0.39 is 0 Å². The quantitative estimate of drug-likeness (QED) is 0.679. The van der Waals surface area contributed by atoms with E-state index in [1.54, 1.807) is 0 Å². The first-order valence-electron chi connectivity index (χ1n) is 3.84. The summed E-state index contributed by atoms with van der Waals surface area (Å²) in [6, 6.07) is 5.59. The van der Waals surface area contributed by atoms with Crippen LogP contribution in [0.15, 0.2) is 28.8 Å². The number of hydrogen-bond donors (Lipinski definition) is 0. The Morgan fingerprint density at radius 2 is 2.00 bits per heavy atom. The van der Waals surface area contributed by atoms with Gasteiger partial charge in [-0.2, -0.15) is 4.98 Å². The molecule has 1 aromatic carbocycles. The minimum absolute atomic E-state index is 0.0932. The van der Waals surface area contributed by atoms with Crippen molar-refractivity contribution in [3.63, 3.8) is 0 Å². The van der Waals surface area contributed by atoms with Crippen molar-refractivity contribution in [3.8, 4) is 11.4 Å². The second-order valence-electron chi connectivity index (χ2n) is 2.58. The predicted octanol–water partition coefficient (Wildman–Crippen LogP) is 1.69. The zero-order chi connectivity index (χ0) is 9.97. The molecular weight excluding hydrogens is 187 g/mol. The van der Waals surface area contributed by atoms with Crippen molar-refractivity contribution in [1.82, 2.24) is 10.1 Å². The maximum Gasteiger partial charge on any atom is 0.291 e. The zero-order valence-corrected chi connectivity index (χ0v) is 6.98. The van der Waals surface area contributed by atoms with Crippen molar-refractivity contribution in [2.45, 2.75) is 0 Å². The van der Waals surface area contributed by atoms with Crippen molar-refractivity contribution >= 4 is 6.29 Å². The number of benzene rings is 1. The molecule has 0 aliphatic rings. The monoisotopic (exact) mass is 192 g/mol. The summed E-state index contributed by atoms with van der Waals surface area (Å²) in [5.41, 5.74) is 0.600. The van der Waals surface area contributed by atoms with Gasteiger partial charge in [-0.15, -0.1) is 0 Å². The summed E-state index contributed by atoms with van der Waals surface area (Å²) < 4.78 is 17.1. The number of carbonyl (C=O) groups excluding carboxylic acids is 1. The Balaban J connectivity index is 2.39. The van der Waals surface area contributed by atoms with Gasteiger partial charge in [0, 0.05) is 5.56 Å². The van der Waals surface area contributed by atoms with Gasteiger partial charge in [-0.05, 0) is 24.3 Å². The second kappa shape index (κ2) is 3.37. The molecule has 0 unspecified atom stereocenters. The standard InChI is InChI=1S/C9H5FN2O2/c10-7-3-1-6(2-4-7)9-11-8(5-13)14-12-9/h1-5H. The van der Waals surface area contributed by atoms with E-state index in [0.717, 1.165) is 0 Å². The Kier molecular flexibility index (Phi) is 2.06. The number of aromatic nitrogens is 2. The SMILES string of the molecule is O=Cc1nc(-c2ccc(F)cc2)no1. The van der Waals surface area contributed by atoms with Gasteiger partial charge in [0.05, 0.1) is 0 Å². The molecule has 0 saturated carbocycles. The maximum absolute atomic E-state index is 12.6. The Labute approximate surface area is 78.4 Å². The van der Waals surface area contributed by atoms with Gasteiger partial charge >= 0.3 is 0 Å². The van der Waals surface area contributed by atoms with E-state index in [9.17, 15) is 9.18 Å². The lowest BCUT2D eigenvalue weighted by atomic mass is 10.2. The second-order valence-corrected chi connectivity index (χ2v) is 2.58. The summed E-state index contributed by atoms with van der Waals surface area (Å²) >= 11 is 0. The topological polar surface area (TPSA) is 56.0 Å². The van der Waals surface area contributed by atoms with Crippen LogP contribution in [0.3, 0.4) is 0 Å². The van der Waals surface area contributed by atoms with Crippen LogP contribution in [-0.4, -0.2) is 16.4 Å². The number of aldehydes is 1. The van der Waals surface area contributed by atoms with Crippen LogP contribution < -0.4 is 0 Å². The van der Waals surface area contributed by atoms with Crippen LogP contribution in [0.2, 0.25) is 0 Å². The van der Waals surface area contributed by atoms with Crippen LogP contribution in [0.25, 0.3) is 11.4 Å². The molecule has 0 bridgehead atoms. The van der Waals surface area contributed by atoms with Crippen molar-refractivity contribution in [3.05, 3.63) is 36.0 Å². The first kappa shape index (κ1) is 8.55. The highest BCUT2D eigenvalue weighted by Crippen LogP contribution is 2.15. The van der Waals surface area contributed by atoms with Crippen LogP contribution in [-0.2, 0) is 0 Å². The highest BCUT2D eigenvalue weighted by Gasteiger charge is 2.06. The summed E-state index contributed by atoms with van der Waals surface area (Å²) in [7, 11) is 0. The average Bonchev–Trinajstić information content (AvgIpc) is 2.67. The van der Waals surface area contributed by atoms with Gasteiger partial charge in [0.15, 0.2) is 0 Å². The van der Waals surface area contributed by atoms with Crippen LogP contribution in [0, 0.1) is 5.82 Å². The van der Waals surface area contributed by atoms with Crippen molar-refractivity contribution in [2.24, 2.45) is 0 Å². The zero-order valence-electron chi connectivity index (χ0n) is 6.98.